The monoisotopic (exact) mass is 186 g/mol. The largest absolute Gasteiger partial charge is 0.390 e. The number of hydrogen-bond donors (Lipinski definition) is 1. The molecule has 0 bridgehead atoms. The molecule has 0 aromatic carbocycles. The fourth-order valence-electron chi connectivity index (χ4n) is 1.97. The van der Waals surface area contributed by atoms with Gasteiger partial charge in [-0.25, -0.2) is 0 Å². The van der Waals surface area contributed by atoms with E-state index in [1.807, 2.05) is 6.92 Å². The standard InChI is InChI=1S/C11H22O2/c1-3-4-5-6-7-11-10(12)8-9(2)13-11/h9-12H,3-8H2,1-2H3/t9-,10+,11+/m1/s1. The Bertz CT molecular complexity index is 136. The minimum Gasteiger partial charge on any atom is -0.390 e. The van der Waals surface area contributed by atoms with Gasteiger partial charge in [0.1, 0.15) is 0 Å². The van der Waals surface area contributed by atoms with E-state index in [0.29, 0.717) is 0 Å². The molecule has 0 aromatic rings. The van der Waals surface area contributed by atoms with E-state index in [1.54, 1.807) is 0 Å². The van der Waals surface area contributed by atoms with Crippen molar-refractivity contribution >= 4 is 0 Å². The zero-order valence-corrected chi connectivity index (χ0v) is 8.83. The summed E-state index contributed by atoms with van der Waals surface area (Å²) >= 11 is 0. The highest BCUT2D eigenvalue weighted by atomic mass is 16.5. The molecule has 2 heteroatoms. The van der Waals surface area contributed by atoms with Crippen LogP contribution in [0.25, 0.3) is 0 Å². The molecule has 0 saturated carbocycles. The maximum atomic E-state index is 9.59. The van der Waals surface area contributed by atoms with Crippen molar-refractivity contribution in [2.45, 2.75) is 70.7 Å². The van der Waals surface area contributed by atoms with E-state index in [0.717, 1.165) is 12.8 Å². The van der Waals surface area contributed by atoms with Crippen molar-refractivity contribution in [1.29, 1.82) is 0 Å². The first-order valence-electron chi connectivity index (χ1n) is 5.57. The molecule has 1 aliphatic heterocycles. The normalized spacial score (nSPS) is 33.9. The molecule has 1 aliphatic rings. The van der Waals surface area contributed by atoms with Gasteiger partial charge >= 0.3 is 0 Å². The maximum absolute atomic E-state index is 9.59. The number of aliphatic hydroxyl groups excluding tert-OH is 1. The quantitative estimate of drug-likeness (QED) is 0.668. The van der Waals surface area contributed by atoms with E-state index in [1.165, 1.54) is 25.7 Å². The molecular weight excluding hydrogens is 164 g/mol. The highest BCUT2D eigenvalue weighted by Gasteiger charge is 2.30. The van der Waals surface area contributed by atoms with E-state index < -0.39 is 0 Å². The average molecular weight is 186 g/mol. The Morgan fingerprint density at radius 2 is 2.08 bits per heavy atom. The van der Waals surface area contributed by atoms with E-state index in [4.69, 9.17) is 4.74 Å². The predicted molar refractivity (Wildman–Crippen MR) is 53.7 cm³/mol. The minimum absolute atomic E-state index is 0.117. The first-order valence-corrected chi connectivity index (χ1v) is 5.57. The number of ether oxygens (including phenoxy) is 1. The number of rotatable bonds is 5. The first-order chi connectivity index (χ1) is 6.24. The molecule has 1 fully saturated rings. The van der Waals surface area contributed by atoms with Crippen LogP contribution in [0.1, 0.15) is 52.4 Å². The lowest BCUT2D eigenvalue weighted by molar-refractivity contribution is 0.00994. The number of aliphatic hydroxyl groups is 1. The van der Waals surface area contributed by atoms with Gasteiger partial charge in [-0.1, -0.05) is 32.6 Å². The van der Waals surface area contributed by atoms with Crippen molar-refractivity contribution in [2.24, 2.45) is 0 Å². The fraction of sp³-hybridized carbons (Fsp3) is 1.00. The molecule has 13 heavy (non-hydrogen) atoms. The van der Waals surface area contributed by atoms with Crippen LogP contribution in [0, 0.1) is 0 Å². The molecular formula is C11H22O2. The summed E-state index contributed by atoms with van der Waals surface area (Å²) in [6.07, 6.45) is 7.06. The molecule has 0 amide bonds. The molecule has 0 spiro atoms. The van der Waals surface area contributed by atoms with Crippen LogP contribution < -0.4 is 0 Å². The van der Waals surface area contributed by atoms with Gasteiger partial charge in [-0.15, -0.1) is 0 Å². The summed E-state index contributed by atoms with van der Waals surface area (Å²) in [5.74, 6) is 0. The summed E-state index contributed by atoms with van der Waals surface area (Å²) in [5, 5.41) is 9.59. The highest BCUT2D eigenvalue weighted by molar-refractivity contribution is 4.79. The van der Waals surface area contributed by atoms with Crippen molar-refractivity contribution in [3.05, 3.63) is 0 Å². The molecule has 78 valence electrons. The lowest BCUT2D eigenvalue weighted by Gasteiger charge is -2.13. The third kappa shape index (κ3) is 3.65. The molecule has 1 saturated heterocycles. The zero-order valence-electron chi connectivity index (χ0n) is 8.83. The summed E-state index contributed by atoms with van der Waals surface area (Å²) < 4.78 is 5.60. The number of unbranched alkanes of at least 4 members (excludes halogenated alkanes) is 3. The maximum Gasteiger partial charge on any atom is 0.0838 e. The van der Waals surface area contributed by atoms with Gasteiger partial charge in [-0.2, -0.15) is 0 Å². The third-order valence-corrected chi connectivity index (χ3v) is 2.75. The van der Waals surface area contributed by atoms with Gasteiger partial charge in [0.25, 0.3) is 0 Å². The summed E-state index contributed by atoms with van der Waals surface area (Å²) in [4.78, 5) is 0. The Kier molecular flexibility index (Phi) is 4.74. The molecule has 0 unspecified atom stereocenters. The van der Waals surface area contributed by atoms with Crippen molar-refractivity contribution in [3.63, 3.8) is 0 Å². The van der Waals surface area contributed by atoms with Gasteiger partial charge in [0.2, 0.25) is 0 Å². The molecule has 2 nitrogen and oxygen atoms in total. The van der Waals surface area contributed by atoms with Crippen molar-refractivity contribution < 1.29 is 9.84 Å². The summed E-state index contributed by atoms with van der Waals surface area (Å²) in [6, 6.07) is 0. The summed E-state index contributed by atoms with van der Waals surface area (Å²) in [6.45, 7) is 4.25. The van der Waals surface area contributed by atoms with Crippen LogP contribution in [-0.2, 0) is 4.74 Å². The van der Waals surface area contributed by atoms with Crippen LogP contribution in [0.15, 0.2) is 0 Å². The van der Waals surface area contributed by atoms with Crippen LogP contribution in [0.5, 0.6) is 0 Å². The van der Waals surface area contributed by atoms with Crippen molar-refractivity contribution in [3.8, 4) is 0 Å². The van der Waals surface area contributed by atoms with Gasteiger partial charge in [0, 0.05) is 6.42 Å². The third-order valence-electron chi connectivity index (χ3n) is 2.75. The van der Waals surface area contributed by atoms with Crippen LogP contribution in [0.2, 0.25) is 0 Å². The van der Waals surface area contributed by atoms with Crippen molar-refractivity contribution in [2.75, 3.05) is 0 Å². The van der Waals surface area contributed by atoms with Crippen LogP contribution in [0.3, 0.4) is 0 Å². The number of hydrogen-bond acceptors (Lipinski definition) is 2. The van der Waals surface area contributed by atoms with E-state index in [-0.39, 0.29) is 18.3 Å². The average Bonchev–Trinajstić information content (AvgIpc) is 2.39. The Labute approximate surface area is 81.3 Å². The lowest BCUT2D eigenvalue weighted by Crippen LogP contribution is -2.20. The minimum atomic E-state index is -0.211. The second kappa shape index (κ2) is 5.61. The molecule has 0 radical (unpaired) electrons. The molecule has 0 aromatic heterocycles. The van der Waals surface area contributed by atoms with Crippen LogP contribution in [-0.4, -0.2) is 23.4 Å². The summed E-state index contributed by atoms with van der Waals surface area (Å²) in [7, 11) is 0. The Morgan fingerprint density at radius 3 is 2.62 bits per heavy atom. The van der Waals surface area contributed by atoms with E-state index in [9.17, 15) is 5.11 Å². The van der Waals surface area contributed by atoms with Gasteiger partial charge in [0.15, 0.2) is 0 Å². The van der Waals surface area contributed by atoms with E-state index in [2.05, 4.69) is 6.92 Å². The SMILES string of the molecule is CCCCCC[C@@H]1O[C@H](C)C[C@@H]1O. The van der Waals surface area contributed by atoms with Gasteiger partial charge < -0.3 is 9.84 Å². The Morgan fingerprint density at radius 1 is 1.31 bits per heavy atom. The molecule has 0 aliphatic carbocycles. The predicted octanol–water partition coefficient (Wildman–Crippen LogP) is 2.50. The fourth-order valence-corrected chi connectivity index (χ4v) is 1.97. The van der Waals surface area contributed by atoms with Crippen LogP contribution >= 0.6 is 0 Å². The molecule has 1 N–H and O–H groups in total. The lowest BCUT2D eigenvalue weighted by atomic mass is 10.0. The highest BCUT2D eigenvalue weighted by Crippen LogP contribution is 2.24. The second-order valence-corrected chi connectivity index (χ2v) is 4.14. The molecule has 3 atom stereocenters. The Hall–Kier alpha value is -0.0800. The van der Waals surface area contributed by atoms with Gasteiger partial charge in [-0.05, 0) is 13.3 Å². The second-order valence-electron chi connectivity index (χ2n) is 4.14. The van der Waals surface area contributed by atoms with E-state index >= 15 is 0 Å². The van der Waals surface area contributed by atoms with Crippen molar-refractivity contribution in [1.82, 2.24) is 0 Å². The Balaban J connectivity index is 2.07. The first kappa shape index (κ1) is 11.0. The topological polar surface area (TPSA) is 29.5 Å². The molecule has 1 heterocycles. The van der Waals surface area contributed by atoms with Crippen LogP contribution in [0.4, 0.5) is 0 Å². The van der Waals surface area contributed by atoms with Gasteiger partial charge in [-0.3, -0.25) is 0 Å². The molecule has 1 rings (SSSR count). The summed E-state index contributed by atoms with van der Waals surface area (Å²) in [5.41, 5.74) is 0. The smallest absolute Gasteiger partial charge is 0.0838 e. The zero-order chi connectivity index (χ0) is 9.68. The van der Waals surface area contributed by atoms with Gasteiger partial charge in [0.05, 0.1) is 18.3 Å².